The normalized spacial score (nSPS) is 10.7. The lowest BCUT2D eigenvalue weighted by molar-refractivity contribution is -0.137. The number of ether oxygens (including phenoxy) is 1. The molecular weight excluding hydrogens is 258 g/mol. The van der Waals surface area contributed by atoms with E-state index in [-0.39, 0.29) is 12.2 Å². The van der Waals surface area contributed by atoms with Gasteiger partial charge >= 0.3 is 5.97 Å². The Morgan fingerprint density at radius 2 is 2.10 bits per heavy atom. The summed E-state index contributed by atoms with van der Waals surface area (Å²) in [5, 5.41) is 9.53. The lowest BCUT2D eigenvalue weighted by Crippen LogP contribution is -2.01. The number of aliphatic carboxylic acids is 1. The van der Waals surface area contributed by atoms with Crippen molar-refractivity contribution in [2.24, 2.45) is 0 Å². The Morgan fingerprint density at radius 1 is 1.35 bits per heavy atom. The third-order valence-electron chi connectivity index (χ3n) is 3.26. The van der Waals surface area contributed by atoms with Crippen molar-refractivity contribution in [2.45, 2.75) is 26.3 Å². The Balaban J connectivity index is 2.40. The van der Waals surface area contributed by atoms with Crippen LogP contribution < -0.4 is 4.74 Å². The SMILES string of the molecule is COc1ccc2c(c1)c(C(C)=O)cn2CCCC(=O)O. The van der Waals surface area contributed by atoms with Crippen LogP contribution in [-0.2, 0) is 11.3 Å². The highest BCUT2D eigenvalue weighted by atomic mass is 16.5. The van der Waals surface area contributed by atoms with Gasteiger partial charge in [-0.2, -0.15) is 0 Å². The molecule has 0 aliphatic heterocycles. The Morgan fingerprint density at radius 3 is 2.70 bits per heavy atom. The number of carbonyl (C=O) groups excluding carboxylic acids is 1. The maximum Gasteiger partial charge on any atom is 0.303 e. The van der Waals surface area contributed by atoms with Gasteiger partial charge in [0.1, 0.15) is 5.75 Å². The van der Waals surface area contributed by atoms with Gasteiger partial charge in [0.25, 0.3) is 0 Å². The van der Waals surface area contributed by atoms with Crippen LogP contribution in [-0.4, -0.2) is 28.5 Å². The van der Waals surface area contributed by atoms with Crippen LogP contribution in [0.1, 0.15) is 30.1 Å². The van der Waals surface area contributed by atoms with E-state index in [2.05, 4.69) is 0 Å². The fourth-order valence-corrected chi connectivity index (χ4v) is 2.27. The fraction of sp³-hybridized carbons (Fsp3) is 0.333. The number of Topliss-reactive ketones (excluding diaryl/α,β-unsaturated/α-hetero) is 1. The number of carboxylic acids is 1. The predicted octanol–water partition coefficient (Wildman–Crippen LogP) is 2.72. The molecule has 0 saturated heterocycles. The third-order valence-corrected chi connectivity index (χ3v) is 3.26. The highest BCUT2D eigenvalue weighted by Gasteiger charge is 2.13. The third kappa shape index (κ3) is 2.82. The monoisotopic (exact) mass is 275 g/mol. The van der Waals surface area contributed by atoms with Crippen molar-refractivity contribution in [3.8, 4) is 5.75 Å². The van der Waals surface area contributed by atoms with Gasteiger partial charge in [0, 0.05) is 35.6 Å². The molecule has 1 heterocycles. The molecular formula is C15H17NO4. The number of aryl methyl sites for hydroxylation is 1. The number of carbonyl (C=O) groups is 2. The minimum absolute atomic E-state index is 0.0137. The highest BCUT2D eigenvalue weighted by molar-refractivity contribution is 6.07. The minimum Gasteiger partial charge on any atom is -0.497 e. The number of benzene rings is 1. The van der Waals surface area contributed by atoms with E-state index in [4.69, 9.17) is 9.84 Å². The Hall–Kier alpha value is -2.30. The van der Waals surface area contributed by atoms with Gasteiger partial charge in [-0.15, -0.1) is 0 Å². The van der Waals surface area contributed by atoms with Crippen molar-refractivity contribution in [3.05, 3.63) is 30.0 Å². The summed E-state index contributed by atoms with van der Waals surface area (Å²) in [5.41, 5.74) is 1.55. The van der Waals surface area contributed by atoms with Crippen LogP contribution >= 0.6 is 0 Å². The number of hydrogen-bond acceptors (Lipinski definition) is 3. The van der Waals surface area contributed by atoms with Crippen LogP contribution in [0.3, 0.4) is 0 Å². The molecule has 2 rings (SSSR count). The molecule has 5 nitrogen and oxygen atoms in total. The molecule has 0 amide bonds. The molecule has 0 atom stereocenters. The first-order chi connectivity index (χ1) is 9.52. The first-order valence-corrected chi connectivity index (χ1v) is 6.42. The van der Waals surface area contributed by atoms with Gasteiger partial charge in [0.05, 0.1) is 7.11 Å². The highest BCUT2D eigenvalue weighted by Crippen LogP contribution is 2.26. The van der Waals surface area contributed by atoms with Gasteiger partial charge in [-0.1, -0.05) is 0 Å². The van der Waals surface area contributed by atoms with E-state index in [0.717, 1.165) is 10.9 Å². The quantitative estimate of drug-likeness (QED) is 0.823. The number of methoxy groups -OCH3 is 1. The zero-order valence-electron chi connectivity index (χ0n) is 11.5. The van der Waals surface area contributed by atoms with E-state index in [1.54, 1.807) is 13.3 Å². The number of carboxylic acid groups (broad SMARTS) is 1. The second-order valence-electron chi connectivity index (χ2n) is 4.67. The number of nitrogens with zero attached hydrogens (tertiary/aromatic N) is 1. The second kappa shape index (κ2) is 5.77. The standard InChI is InChI=1S/C15H17NO4/c1-10(17)13-9-16(7-3-4-15(18)19)14-6-5-11(20-2)8-12(13)14/h5-6,8-9H,3-4,7H2,1-2H3,(H,18,19). The maximum absolute atomic E-state index is 11.7. The first kappa shape index (κ1) is 14.1. The smallest absolute Gasteiger partial charge is 0.303 e. The summed E-state index contributed by atoms with van der Waals surface area (Å²) in [7, 11) is 1.58. The van der Waals surface area contributed by atoms with E-state index in [0.29, 0.717) is 24.3 Å². The summed E-state index contributed by atoms with van der Waals surface area (Å²) >= 11 is 0. The van der Waals surface area contributed by atoms with Crippen LogP contribution in [0.4, 0.5) is 0 Å². The largest absolute Gasteiger partial charge is 0.497 e. The molecule has 0 unspecified atom stereocenters. The molecule has 1 aromatic carbocycles. The number of ketones is 1. The van der Waals surface area contributed by atoms with Crippen molar-refractivity contribution in [1.82, 2.24) is 4.57 Å². The van der Waals surface area contributed by atoms with Gasteiger partial charge in [-0.25, -0.2) is 0 Å². The predicted molar refractivity (Wildman–Crippen MR) is 75.4 cm³/mol. The molecule has 1 aromatic heterocycles. The molecule has 0 bridgehead atoms. The summed E-state index contributed by atoms with van der Waals surface area (Å²) in [6.45, 7) is 2.10. The first-order valence-electron chi connectivity index (χ1n) is 6.42. The number of aromatic nitrogens is 1. The van der Waals surface area contributed by atoms with Gasteiger partial charge in [0.2, 0.25) is 0 Å². The number of hydrogen-bond donors (Lipinski definition) is 1. The van der Waals surface area contributed by atoms with Crippen LogP contribution in [0.15, 0.2) is 24.4 Å². The van der Waals surface area contributed by atoms with Gasteiger partial charge in [-0.3, -0.25) is 9.59 Å². The van der Waals surface area contributed by atoms with Crippen molar-refractivity contribution in [1.29, 1.82) is 0 Å². The van der Waals surface area contributed by atoms with Crippen LogP contribution in [0.25, 0.3) is 10.9 Å². The van der Waals surface area contributed by atoms with Crippen molar-refractivity contribution < 1.29 is 19.4 Å². The van der Waals surface area contributed by atoms with Gasteiger partial charge < -0.3 is 14.4 Å². The molecule has 5 heteroatoms. The lowest BCUT2D eigenvalue weighted by atomic mass is 10.1. The summed E-state index contributed by atoms with van der Waals surface area (Å²) in [4.78, 5) is 22.3. The molecule has 106 valence electrons. The second-order valence-corrected chi connectivity index (χ2v) is 4.67. The molecule has 20 heavy (non-hydrogen) atoms. The van der Waals surface area contributed by atoms with E-state index in [1.807, 2.05) is 22.8 Å². The van der Waals surface area contributed by atoms with Gasteiger partial charge in [0.15, 0.2) is 5.78 Å². The molecule has 0 radical (unpaired) electrons. The summed E-state index contributed by atoms with van der Waals surface area (Å²) in [5.74, 6) is -0.126. The number of rotatable bonds is 6. The lowest BCUT2D eigenvalue weighted by Gasteiger charge is -2.05. The Bertz CT molecular complexity index is 657. The fourth-order valence-electron chi connectivity index (χ4n) is 2.27. The summed E-state index contributed by atoms with van der Waals surface area (Å²) < 4.78 is 7.11. The van der Waals surface area contributed by atoms with Crippen LogP contribution in [0, 0.1) is 0 Å². The molecule has 0 aliphatic rings. The molecule has 0 fully saturated rings. The molecule has 0 spiro atoms. The van der Waals surface area contributed by atoms with Crippen molar-refractivity contribution in [3.63, 3.8) is 0 Å². The Kier molecular flexibility index (Phi) is 4.08. The van der Waals surface area contributed by atoms with Crippen molar-refractivity contribution >= 4 is 22.7 Å². The topological polar surface area (TPSA) is 68.5 Å². The van der Waals surface area contributed by atoms with Gasteiger partial charge in [-0.05, 0) is 31.5 Å². The molecule has 1 N–H and O–H groups in total. The number of fused-ring (bicyclic) bond motifs is 1. The zero-order chi connectivity index (χ0) is 14.7. The molecule has 0 saturated carbocycles. The molecule has 0 aliphatic carbocycles. The van der Waals surface area contributed by atoms with E-state index < -0.39 is 5.97 Å². The zero-order valence-corrected chi connectivity index (χ0v) is 11.5. The van der Waals surface area contributed by atoms with Crippen LogP contribution in [0.2, 0.25) is 0 Å². The summed E-state index contributed by atoms with van der Waals surface area (Å²) in [6, 6.07) is 5.56. The van der Waals surface area contributed by atoms with Crippen molar-refractivity contribution in [2.75, 3.05) is 7.11 Å². The van der Waals surface area contributed by atoms with E-state index in [1.165, 1.54) is 6.92 Å². The van der Waals surface area contributed by atoms with E-state index in [9.17, 15) is 9.59 Å². The van der Waals surface area contributed by atoms with Crippen LogP contribution in [0.5, 0.6) is 5.75 Å². The summed E-state index contributed by atoms with van der Waals surface area (Å²) in [6.07, 6.45) is 2.43. The van der Waals surface area contributed by atoms with E-state index >= 15 is 0 Å². The minimum atomic E-state index is -0.810. The maximum atomic E-state index is 11.7. The molecule has 2 aromatic rings. The average Bonchev–Trinajstić information content (AvgIpc) is 2.76. The average molecular weight is 275 g/mol. The Labute approximate surface area is 116 Å².